The van der Waals surface area contributed by atoms with Crippen molar-refractivity contribution in [1.29, 1.82) is 0 Å². The van der Waals surface area contributed by atoms with E-state index < -0.39 is 0 Å². The first-order chi connectivity index (χ1) is 10.3. The number of nitrogens with one attached hydrogen (secondary N) is 1. The summed E-state index contributed by atoms with van der Waals surface area (Å²) < 4.78 is 5.86. The third-order valence-corrected chi connectivity index (χ3v) is 3.75. The fourth-order valence-electron chi connectivity index (χ4n) is 2.67. The first-order valence-corrected chi connectivity index (χ1v) is 7.32. The molecule has 1 aliphatic heterocycles. The fourth-order valence-corrected chi connectivity index (χ4v) is 2.67. The molecule has 3 rings (SSSR count). The summed E-state index contributed by atoms with van der Waals surface area (Å²) >= 11 is 0. The van der Waals surface area contributed by atoms with E-state index in [9.17, 15) is 0 Å². The van der Waals surface area contributed by atoms with Crippen molar-refractivity contribution in [3.05, 3.63) is 42.1 Å². The van der Waals surface area contributed by atoms with Crippen molar-refractivity contribution in [3.63, 3.8) is 0 Å². The molecule has 1 aliphatic rings. The lowest BCUT2D eigenvalue weighted by molar-refractivity contribution is -0.0352. The van der Waals surface area contributed by atoms with Gasteiger partial charge < -0.3 is 15.5 Å². The third kappa shape index (κ3) is 4.03. The minimum Gasteiger partial charge on any atom is -0.384 e. The predicted octanol–water partition coefficient (Wildman–Crippen LogP) is 1.22. The molecule has 21 heavy (non-hydrogen) atoms. The number of hydrogen-bond donors (Lipinski definition) is 2. The van der Waals surface area contributed by atoms with E-state index in [0.29, 0.717) is 5.82 Å². The number of aromatic amines is 1. The van der Waals surface area contributed by atoms with Crippen molar-refractivity contribution in [2.45, 2.75) is 25.5 Å². The number of imidazole rings is 1. The number of nitrogens with two attached hydrogens (primary N) is 1. The Bertz CT molecular complexity index is 557. The summed E-state index contributed by atoms with van der Waals surface area (Å²) in [6.45, 7) is 3.54. The predicted molar refractivity (Wildman–Crippen MR) is 80.6 cm³/mol. The van der Waals surface area contributed by atoms with Crippen LogP contribution in [0.2, 0.25) is 0 Å². The number of aryl methyl sites for hydroxylation is 1. The van der Waals surface area contributed by atoms with Crippen LogP contribution in [-0.4, -0.2) is 45.7 Å². The second-order valence-corrected chi connectivity index (χ2v) is 5.39. The van der Waals surface area contributed by atoms with Crippen molar-refractivity contribution >= 4 is 5.82 Å². The highest BCUT2D eigenvalue weighted by Crippen LogP contribution is 2.14. The van der Waals surface area contributed by atoms with Gasteiger partial charge in [-0.25, -0.2) is 9.97 Å². The van der Waals surface area contributed by atoms with Crippen LogP contribution in [0.5, 0.6) is 0 Å². The standard InChI is InChI=1S/C15H21N5O/c16-14-9-12(3-4-17-14)1-2-13-10-20(7-8-21-13)11-15-18-5-6-19-15/h3-6,9,13H,1-2,7-8,10-11H2,(H2,16,17)(H,18,19)/t13-/m1/s1. The minimum absolute atomic E-state index is 0.267. The van der Waals surface area contributed by atoms with Crippen LogP contribution in [0.15, 0.2) is 30.7 Å². The van der Waals surface area contributed by atoms with Crippen LogP contribution in [0.4, 0.5) is 5.82 Å². The molecular formula is C15H21N5O. The highest BCUT2D eigenvalue weighted by atomic mass is 16.5. The van der Waals surface area contributed by atoms with Crippen molar-refractivity contribution in [2.75, 3.05) is 25.4 Å². The van der Waals surface area contributed by atoms with Gasteiger partial charge in [-0.2, -0.15) is 0 Å². The monoisotopic (exact) mass is 287 g/mol. The number of anilines is 1. The Morgan fingerprint density at radius 2 is 2.33 bits per heavy atom. The van der Waals surface area contributed by atoms with Gasteiger partial charge in [-0.15, -0.1) is 0 Å². The van der Waals surface area contributed by atoms with Gasteiger partial charge >= 0.3 is 0 Å². The summed E-state index contributed by atoms with van der Waals surface area (Å²) in [4.78, 5) is 13.8. The maximum Gasteiger partial charge on any atom is 0.123 e. The SMILES string of the molecule is Nc1cc(CC[C@@H]2CN(Cc3ncc[nH]3)CCO2)ccn1. The van der Waals surface area contributed by atoms with Crippen LogP contribution in [0.25, 0.3) is 0 Å². The van der Waals surface area contributed by atoms with Crippen molar-refractivity contribution < 1.29 is 4.74 Å². The van der Waals surface area contributed by atoms with Gasteiger partial charge in [0.2, 0.25) is 0 Å². The Morgan fingerprint density at radius 3 is 3.14 bits per heavy atom. The van der Waals surface area contributed by atoms with Crippen LogP contribution in [0.1, 0.15) is 17.8 Å². The lowest BCUT2D eigenvalue weighted by Gasteiger charge is -2.32. The fraction of sp³-hybridized carbons (Fsp3) is 0.467. The van der Waals surface area contributed by atoms with Crippen molar-refractivity contribution in [2.24, 2.45) is 0 Å². The molecule has 0 aromatic carbocycles. The molecule has 0 bridgehead atoms. The Morgan fingerprint density at radius 1 is 1.38 bits per heavy atom. The largest absolute Gasteiger partial charge is 0.384 e. The molecule has 3 heterocycles. The maximum atomic E-state index is 5.86. The molecule has 0 unspecified atom stereocenters. The number of ether oxygens (including phenoxy) is 1. The Labute approximate surface area is 124 Å². The first kappa shape index (κ1) is 14.0. The molecule has 3 N–H and O–H groups in total. The molecule has 0 spiro atoms. The number of rotatable bonds is 5. The van der Waals surface area contributed by atoms with Gasteiger partial charge in [0, 0.05) is 31.7 Å². The number of nitrogen functional groups attached to an aromatic ring is 1. The molecule has 112 valence electrons. The summed E-state index contributed by atoms with van der Waals surface area (Å²) in [6, 6.07) is 3.95. The number of nitrogens with zero attached hydrogens (tertiary/aromatic N) is 3. The van der Waals surface area contributed by atoms with E-state index in [2.05, 4.69) is 19.9 Å². The summed E-state index contributed by atoms with van der Waals surface area (Å²) in [6.07, 6.45) is 7.64. The molecule has 0 saturated carbocycles. The zero-order valence-corrected chi connectivity index (χ0v) is 12.0. The third-order valence-electron chi connectivity index (χ3n) is 3.75. The molecule has 2 aromatic rings. The van der Waals surface area contributed by atoms with E-state index >= 15 is 0 Å². The van der Waals surface area contributed by atoms with E-state index in [4.69, 9.17) is 10.5 Å². The zero-order valence-electron chi connectivity index (χ0n) is 12.0. The van der Waals surface area contributed by atoms with Gasteiger partial charge in [0.1, 0.15) is 11.6 Å². The number of aromatic nitrogens is 3. The molecule has 2 aromatic heterocycles. The van der Waals surface area contributed by atoms with Gasteiger partial charge in [0.25, 0.3) is 0 Å². The summed E-state index contributed by atoms with van der Waals surface area (Å²) in [5.41, 5.74) is 6.92. The lowest BCUT2D eigenvalue weighted by atomic mass is 10.1. The Balaban J connectivity index is 1.49. The van der Waals surface area contributed by atoms with Crippen LogP contribution in [0, 0.1) is 0 Å². The summed E-state index contributed by atoms with van der Waals surface area (Å²) in [7, 11) is 0. The van der Waals surface area contributed by atoms with Crippen LogP contribution in [-0.2, 0) is 17.7 Å². The van der Waals surface area contributed by atoms with Gasteiger partial charge in [0.15, 0.2) is 0 Å². The van der Waals surface area contributed by atoms with Crippen molar-refractivity contribution in [3.8, 4) is 0 Å². The molecule has 6 heteroatoms. The minimum atomic E-state index is 0.267. The second kappa shape index (κ2) is 6.69. The van der Waals surface area contributed by atoms with Crippen LogP contribution < -0.4 is 5.73 Å². The highest BCUT2D eigenvalue weighted by Gasteiger charge is 2.20. The zero-order chi connectivity index (χ0) is 14.5. The normalized spacial score (nSPS) is 19.7. The Kier molecular flexibility index (Phi) is 4.47. The molecular weight excluding hydrogens is 266 g/mol. The number of pyridine rings is 1. The molecule has 0 radical (unpaired) electrons. The van der Waals surface area contributed by atoms with E-state index in [-0.39, 0.29) is 6.10 Å². The molecule has 1 saturated heterocycles. The quantitative estimate of drug-likeness (QED) is 0.864. The van der Waals surface area contributed by atoms with Gasteiger partial charge in [-0.05, 0) is 30.5 Å². The maximum absolute atomic E-state index is 5.86. The number of H-pyrrole nitrogens is 1. The van der Waals surface area contributed by atoms with Gasteiger partial charge in [0.05, 0.1) is 19.3 Å². The number of morpholine rings is 1. The average molecular weight is 287 g/mol. The second-order valence-electron chi connectivity index (χ2n) is 5.39. The topological polar surface area (TPSA) is 80.1 Å². The molecule has 1 fully saturated rings. The lowest BCUT2D eigenvalue weighted by Crippen LogP contribution is -2.42. The molecule has 1 atom stereocenters. The average Bonchev–Trinajstić information content (AvgIpc) is 2.99. The van der Waals surface area contributed by atoms with Crippen LogP contribution >= 0.6 is 0 Å². The smallest absolute Gasteiger partial charge is 0.123 e. The molecule has 0 amide bonds. The highest BCUT2D eigenvalue weighted by molar-refractivity contribution is 5.31. The number of hydrogen-bond acceptors (Lipinski definition) is 5. The summed E-state index contributed by atoms with van der Waals surface area (Å²) in [5, 5.41) is 0. The Hall–Kier alpha value is -1.92. The first-order valence-electron chi connectivity index (χ1n) is 7.32. The van der Waals surface area contributed by atoms with E-state index in [1.54, 1.807) is 12.4 Å². The van der Waals surface area contributed by atoms with E-state index in [1.807, 2.05) is 18.3 Å². The molecule has 6 nitrogen and oxygen atoms in total. The van der Waals surface area contributed by atoms with Crippen molar-refractivity contribution in [1.82, 2.24) is 19.9 Å². The molecule has 0 aliphatic carbocycles. The van der Waals surface area contributed by atoms with E-state index in [1.165, 1.54) is 5.56 Å². The summed E-state index contributed by atoms with van der Waals surface area (Å²) in [5.74, 6) is 1.59. The van der Waals surface area contributed by atoms with Gasteiger partial charge in [-0.1, -0.05) is 0 Å². The van der Waals surface area contributed by atoms with Crippen LogP contribution in [0.3, 0.4) is 0 Å². The van der Waals surface area contributed by atoms with Gasteiger partial charge in [-0.3, -0.25) is 4.90 Å². The van der Waals surface area contributed by atoms with E-state index in [0.717, 1.165) is 44.9 Å².